The normalized spacial score (nSPS) is 13.4. The molecule has 0 heterocycles. The van der Waals surface area contributed by atoms with Crippen molar-refractivity contribution in [2.45, 2.75) is 65.1 Å². The largest absolute Gasteiger partial charge is 0.185 e. The van der Waals surface area contributed by atoms with Gasteiger partial charge in [0.1, 0.15) is 7.22 Å². The van der Waals surface area contributed by atoms with Crippen LogP contribution in [0.4, 0.5) is 0 Å². The monoisotopic (exact) mass is 218 g/mol. The Labute approximate surface area is 89.5 Å². The molecule has 80 valence electrons. The molecule has 0 unspecified atom stereocenters. The molecule has 0 aliphatic rings. The molecule has 0 fully saturated rings. The van der Waals surface area contributed by atoms with Crippen LogP contribution in [0.3, 0.4) is 0 Å². The van der Waals surface area contributed by atoms with Crippen molar-refractivity contribution in [3.8, 4) is 0 Å². The smallest absolute Gasteiger partial charge is 0.124 e. The second-order valence-electron chi connectivity index (χ2n) is 4.75. The van der Waals surface area contributed by atoms with Gasteiger partial charge in [-0.3, -0.25) is 0 Å². The summed E-state index contributed by atoms with van der Waals surface area (Å²) >= 11 is 2.29. The molecule has 0 N–H and O–H groups in total. The lowest BCUT2D eigenvalue weighted by atomic mass is 10.5. The number of hydrogen-bond donors (Lipinski definition) is 0. The van der Waals surface area contributed by atoms with Gasteiger partial charge in [-0.15, -0.1) is 0 Å². The molecular formula is C11H26SSi. The predicted octanol–water partition coefficient (Wildman–Crippen LogP) is 4.92. The molecule has 0 radical (unpaired) electrons. The minimum absolute atomic E-state index is 0.900. The Morgan fingerprint density at radius 1 is 0.846 bits per heavy atom. The molecule has 0 atom stereocenters. The third-order valence-electron chi connectivity index (χ3n) is 3.10. The zero-order valence-electron chi connectivity index (χ0n) is 10.3. The van der Waals surface area contributed by atoms with Gasteiger partial charge in [0.25, 0.3) is 0 Å². The van der Waals surface area contributed by atoms with Crippen LogP contribution in [0, 0.1) is 0 Å². The first kappa shape index (κ1) is 13.6. The third-order valence-corrected chi connectivity index (χ3v) is 15.9. The zero-order chi connectivity index (χ0) is 10.6. The minimum Gasteiger partial charge on any atom is -0.185 e. The Morgan fingerprint density at radius 2 is 1.15 bits per heavy atom. The van der Waals surface area contributed by atoms with E-state index in [2.05, 4.69) is 59.7 Å². The molecule has 0 nitrogen and oxygen atoms in total. The van der Waals surface area contributed by atoms with Crippen LogP contribution in [0.5, 0.6) is 0 Å². The predicted molar refractivity (Wildman–Crippen MR) is 69.2 cm³/mol. The van der Waals surface area contributed by atoms with E-state index in [1.807, 2.05) is 0 Å². The molecule has 0 spiro atoms. The lowest BCUT2D eigenvalue weighted by molar-refractivity contribution is 0.851. The summed E-state index contributed by atoms with van der Waals surface area (Å²) in [6.45, 7) is 16.9. The van der Waals surface area contributed by atoms with Gasteiger partial charge >= 0.3 is 0 Å². The molecule has 2 heteroatoms. The first-order valence-electron chi connectivity index (χ1n) is 5.53. The maximum Gasteiger partial charge on any atom is 0.124 e. The highest BCUT2D eigenvalue weighted by molar-refractivity contribution is 8.29. The van der Waals surface area contributed by atoms with Gasteiger partial charge in [0, 0.05) is 0 Å². The lowest BCUT2D eigenvalue weighted by Gasteiger charge is -2.42. The maximum absolute atomic E-state index is 2.43. The molecule has 0 aliphatic heterocycles. The van der Waals surface area contributed by atoms with Crippen LogP contribution < -0.4 is 0 Å². The molecule has 0 aromatic carbocycles. The Hall–Kier alpha value is 0.567. The van der Waals surface area contributed by atoms with Gasteiger partial charge in [-0.25, -0.2) is 0 Å². The summed E-state index contributed by atoms with van der Waals surface area (Å²) in [5.41, 5.74) is 2.70. The van der Waals surface area contributed by atoms with Gasteiger partial charge < -0.3 is 0 Å². The van der Waals surface area contributed by atoms with E-state index in [-0.39, 0.29) is 0 Å². The molecular weight excluding hydrogens is 192 g/mol. The third kappa shape index (κ3) is 2.76. The van der Waals surface area contributed by atoms with E-state index in [9.17, 15) is 0 Å². The van der Waals surface area contributed by atoms with Gasteiger partial charge in [0.15, 0.2) is 0 Å². The highest BCUT2D eigenvalue weighted by atomic mass is 32.4. The molecule has 0 amide bonds. The van der Waals surface area contributed by atoms with Crippen molar-refractivity contribution in [1.82, 2.24) is 0 Å². The number of rotatable bonds is 5. The van der Waals surface area contributed by atoms with E-state index in [4.69, 9.17) is 0 Å². The first-order valence-corrected chi connectivity index (χ1v) is 9.47. The van der Waals surface area contributed by atoms with Crippen LogP contribution >= 0.6 is 11.2 Å². The summed E-state index contributed by atoms with van der Waals surface area (Å²) in [6.07, 6.45) is 0. The van der Waals surface area contributed by atoms with Gasteiger partial charge in [-0.2, -0.15) is 11.2 Å². The van der Waals surface area contributed by atoms with Crippen molar-refractivity contribution < 1.29 is 0 Å². The van der Waals surface area contributed by atoms with E-state index in [0.29, 0.717) is 0 Å². The van der Waals surface area contributed by atoms with E-state index < -0.39 is 7.22 Å². The van der Waals surface area contributed by atoms with Gasteiger partial charge in [-0.05, 0) is 22.4 Å². The molecule has 0 aromatic heterocycles. The van der Waals surface area contributed by atoms with Crippen LogP contribution in [-0.2, 0) is 0 Å². The average molecular weight is 218 g/mol. The van der Waals surface area contributed by atoms with Crippen LogP contribution in [0.15, 0.2) is 0 Å². The minimum atomic E-state index is -1.11. The highest BCUT2D eigenvalue weighted by Gasteiger charge is 2.42. The summed E-state index contributed by atoms with van der Waals surface area (Å²) in [7, 11) is -1.11. The zero-order valence-corrected chi connectivity index (χ0v) is 12.2. The van der Waals surface area contributed by atoms with E-state index in [1.165, 1.54) is 5.75 Å². The van der Waals surface area contributed by atoms with Crippen molar-refractivity contribution in [2.24, 2.45) is 0 Å². The van der Waals surface area contributed by atoms with Crippen molar-refractivity contribution in [1.29, 1.82) is 0 Å². The SMILES string of the molecule is CCS[Si](C(C)C)(C(C)C)C(C)C. The van der Waals surface area contributed by atoms with Gasteiger partial charge in [-0.1, -0.05) is 48.5 Å². The molecule has 0 aliphatic carbocycles. The second-order valence-corrected chi connectivity index (χ2v) is 13.8. The lowest BCUT2D eigenvalue weighted by Crippen LogP contribution is -2.41. The first-order chi connectivity index (χ1) is 5.89. The molecule has 0 rings (SSSR count). The van der Waals surface area contributed by atoms with E-state index in [1.54, 1.807) is 0 Å². The quantitative estimate of drug-likeness (QED) is 0.591. The summed E-state index contributed by atoms with van der Waals surface area (Å²) in [5.74, 6) is 1.29. The van der Waals surface area contributed by atoms with Crippen LogP contribution in [0.2, 0.25) is 16.6 Å². The second kappa shape index (κ2) is 5.45. The Balaban J connectivity index is 4.82. The van der Waals surface area contributed by atoms with E-state index >= 15 is 0 Å². The fraction of sp³-hybridized carbons (Fsp3) is 1.00. The summed E-state index contributed by atoms with van der Waals surface area (Å²) < 4.78 is 0. The molecule has 13 heavy (non-hydrogen) atoms. The Kier molecular flexibility index (Phi) is 5.69. The van der Waals surface area contributed by atoms with Crippen molar-refractivity contribution in [3.63, 3.8) is 0 Å². The Morgan fingerprint density at radius 3 is 1.23 bits per heavy atom. The molecule has 0 bridgehead atoms. The van der Waals surface area contributed by atoms with Gasteiger partial charge in [0.2, 0.25) is 0 Å². The average Bonchev–Trinajstić information content (AvgIpc) is 1.97. The summed E-state index contributed by atoms with van der Waals surface area (Å²) in [6, 6.07) is 0. The fourth-order valence-corrected chi connectivity index (χ4v) is 12.8. The van der Waals surface area contributed by atoms with Crippen LogP contribution in [-0.4, -0.2) is 13.0 Å². The Bertz CT molecular complexity index is 119. The van der Waals surface area contributed by atoms with Crippen LogP contribution in [0.25, 0.3) is 0 Å². The van der Waals surface area contributed by atoms with Crippen molar-refractivity contribution in [3.05, 3.63) is 0 Å². The molecule has 0 aromatic rings. The standard InChI is InChI=1S/C11H26SSi/c1-8-12-13(9(2)3,10(4)5)11(6)7/h9-11H,8H2,1-7H3. The molecule has 0 saturated carbocycles. The topological polar surface area (TPSA) is 0 Å². The van der Waals surface area contributed by atoms with E-state index in [0.717, 1.165) is 16.6 Å². The molecule has 0 saturated heterocycles. The highest BCUT2D eigenvalue weighted by Crippen LogP contribution is 2.48. The van der Waals surface area contributed by atoms with Crippen LogP contribution in [0.1, 0.15) is 48.5 Å². The maximum atomic E-state index is 2.43. The van der Waals surface area contributed by atoms with Crippen molar-refractivity contribution in [2.75, 3.05) is 5.75 Å². The fourth-order valence-electron chi connectivity index (χ4n) is 2.75. The van der Waals surface area contributed by atoms with Gasteiger partial charge in [0.05, 0.1) is 0 Å². The summed E-state index contributed by atoms with van der Waals surface area (Å²) in [4.78, 5) is 0. The van der Waals surface area contributed by atoms with Crippen molar-refractivity contribution >= 4 is 18.4 Å². The number of hydrogen-bond acceptors (Lipinski definition) is 1. The summed E-state index contributed by atoms with van der Waals surface area (Å²) in [5, 5.41) is 0.